The van der Waals surface area contributed by atoms with Gasteiger partial charge < -0.3 is 20.2 Å². The first-order valence-corrected chi connectivity index (χ1v) is 5.08. The number of rotatable bonds is 6. The van der Waals surface area contributed by atoms with Gasteiger partial charge in [0.25, 0.3) is 0 Å². The fourth-order valence-corrected chi connectivity index (χ4v) is 1.38. The molecule has 0 aliphatic carbocycles. The van der Waals surface area contributed by atoms with Crippen molar-refractivity contribution in [2.75, 3.05) is 20.6 Å². The summed E-state index contributed by atoms with van der Waals surface area (Å²) in [5.74, 6) is 0.437. The molecule has 0 aromatic carbocycles. The van der Waals surface area contributed by atoms with E-state index in [0.717, 1.165) is 19.4 Å². The van der Waals surface area contributed by atoms with Crippen LogP contribution in [0.4, 0.5) is 0 Å². The third-order valence-electron chi connectivity index (χ3n) is 2.29. The Morgan fingerprint density at radius 3 is 2.87 bits per heavy atom. The summed E-state index contributed by atoms with van der Waals surface area (Å²) < 4.78 is 4.99. The van der Waals surface area contributed by atoms with Crippen LogP contribution < -0.4 is 5.73 Å². The van der Waals surface area contributed by atoms with Gasteiger partial charge in [-0.3, -0.25) is 0 Å². The smallest absolute Gasteiger partial charge is 0.180 e. The lowest BCUT2D eigenvalue weighted by atomic mass is 10.0. The Bertz CT molecular complexity index is 262. The molecule has 86 valence electrons. The molecular weight excluding hydrogens is 194 g/mol. The van der Waals surface area contributed by atoms with Crippen LogP contribution in [0.25, 0.3) is 0 Å². The zero-order valence-corrected chi connectivity index (χ0v) is 9.26. The normalized spacial score (nSPS) is 15.5. The topological polar surface area (TPSA) is 75.5 Å². The van der Waals surface area contributed by atoms with Crippen molar-refractivity contribution in [2.24, 2.45) is 5.73 Å². The van der Waals surface area contributed by atoms with Gasteiger partial charge in [-0.25, -0.2) is 4.98 Å². The van der Waals surface area contributed by atoms with Crippen LogP contribution in [0, 0.1) is 0 Å². The molecule has 0 spiro atoms. The predicted octanol–water partition coefficient (Wildman–Crippen LogP) is 0.377. The van der Waals surface area contributed by atoms with E-state index in [0.29, 0.717) is 5.76 Å². The van der Waals surface area contributed by atoms with Gasteiger partial charge in [-0.05, 0) is 33.5 Å². The molecule has 2 atom stereocenters. The molecule has 1 heterocycles. The second-order valence-electron chi connectivity index (χ2n) is 3.96. The Labute approximate surface area is 89.9 Å². The van der Waals surface area contributed by atoms with Gasteiger partial charge in [0, 0.05) is 6.04 Å². The number of hydrogen-bond donors (Lipinski definition) is 2. The third kappa shape index (κ3) is 3.99. The van der Waals surface area contributed by atoms with E-state index < -0.39 is 6.10 Å². The van der Waals surface area contributed by atoms with E-state index in [9.17, 15) is 5.11 Å². The number of nitrogens with two attached hydrogens (primary N) is 1. The quantitative estimate of drug-likeness (QED) is 0.714. The highest BCUT2D eigenvalue weighted by Gasteiger charge is 2.19. The summed E-state index contributed by atoms with van der Waals surface area (Å²) in [4.78, 5) is 5.83. The molecular formula is C10H19N3O2. The van der Waals surface area contributed by atoms with Gasteiger partial charge in [-0.1, -0.05) is 0 Å². The Morgan fingerprint density at radius 2 is 2.33 bits per heavy atom. The molecule has 0 aliphatic heterocycles. The number of oxazole rings is 1. The van der Waals surface area contributed by atoms with Crippen LogP contribution in [0.5, 0.6) is 0 Å². The zero-order chi connectivity index (χ0) is 11.3. The first kappa shape index (κ1) is 12.2. The highest BCUT2D eigenvalue weighted by molar-refractivity contribution is 4.97. The molecule has 5 heteroatoms. The van der Waals surface area contributed by atoms with E-state index >= 15 is 0 Å². The van der Waals surface area contributed by atoms with Crippen molar-refractivity contribution >= 4 is 0 Å². The molecule has 15 heavy (non-hydrogen) atoms. The molecule has 2 unspecified atom stereocenters. The Hall–Kier alpha value is -0.910. The Balaban J connectivity index is 2.31. The van der Waals surface area contributed by atoms with E-state index in [2.05, 4.69) is 9.88 Å². The van der Waals surface area contributed by atoms with Crippen LogP contribution >= 0.6 is 0 Å². The van der Waals surface area contributed by atoms with Gasteiger partial charge in [0.05, 0.1) is 6.20 Å². The summed E-state index contributed by atoms with van der Waals surface area (Å²) in [5, 5.41) is 9.77. The van der Waals surface area contributed by atoms with E-state index in [4.69, 9.17) is 10.2 Å². The number of nitrogens with zero attached hydrogens (tertiary/aromatic N) is 2. The van der Waals surface area contributed by atoms with Crippen LogP contribution in [-0.2, 0) is 0 Å². The monoisotopic (exact) mass is 213 g/mol. The lowest BCUT2D eigenvalue weighted by Gasteiger charge is -2.17. The first-order chi connectivity index (χ1) is 7.11. The zero-order valence-electron chi connectivity index (χ0n) is 9.26. The maximum Gasteiger partial charge on any atom is 0.180 e. The SMILES string of the molecule is CN(C)CCCC(N)C(O)c1cnco1. The maximum atomic E-state index is 9.77. The molecule has 5 nitrogen and oxygen atoms in total. The lowest BCUT2D eigenvalue weighted by molar-refractivity contribution is 0.115. The summed E-state index contributed by atoms with van der Waals surface area (Å²) in [7, 11) is 4.02. The van der Waals surface area contributed by atoms with Crippen molar-refractivity contribution in [3.63, 3.8) is 0 Å². The van der Waals surface area contributed by atoms with Crippen molar-refractivity contribution in [1.82, 2.24) is 9.88 Å². The van der Waals surface area contributed by atoms with Gasteiger partial charge in [-0.2, -0.15) is 0 Å². The molecule has 1 aromatic heterocycles. The van der Waals surface area contributed by atoms with Gasteiger partial charge in [0.15, 0.2) is 12.2 Å². The molecule has 0 saturated heterocycles. The number of aliphatic hydroxyl groups excluding tert-OH is 1. The largest absolute Gasteiger partial charge is 0.446 e. The van der Waals surface area contributed by atoms with Gasteiger partial charge in [0.2, 0.25) is 0 Å². The fraction of sp³-hybridized carbons (Fsp3) is 0.700. The highest BCUT2D eigenvalue weighted by atomic mass is 16.4. The molecule has 1 aromatic rings. The molecule has 0 amide bonds. The van der Waals surface area contributed by atoms with Crippen LogP contribution in [0.1, 0.15) is 24.7 Å². The summed E-state index contributed by atoms with van der Waals surface area (Å²) in [6.45, 7) is 0.969. The maximum absolute atomic E-state index is 9.77. The molecule has 0 aliphatic rings. The highest BCUT2D eigenvalue weighted by Crippen LogP contribution is 2.17. The number of hydrogen-bond acceptors (Lipinski definition) is 5. The second-order valence-corrected chi connectivity index (χ2v) is 3.96. The average Bonchev–Trinajstić information content (AvgIpc) is 2.68. The molecule has 0 radical (unpaired) electrons. The minimum atomic E-state index is -0.755. The van der Waals surface area contributed by atoms with Crippen LogP contribution in [0.15, 0.2) is 17.0 Å². The Morgan fingerprint density at radius 1 is 1.60 bits per heavy atom. The van der Waals surface area contributed by atoms with Gasteiger partial charge >= 0.3 is 0 Å². The van der Waals surface area contributed by atoms with E-state index in [1.165, 1.54) is 12.6 Å². The van der Waals surface area contributed by atoms with E-state index in [1.54, 1.807) is 0 Å². The van der Waals surface area contributed by atoms with Crippen molar-refractivity contribution in [1.29, 1.82) is 0 Å². The summed E-state index contributed by atoms with van der Waals surface area (Å²) in [6, 6.07) is -0.294. The second kappa shape index (κ2) is 5.85. The van der Waals surface area contributed by atoms with Crippen molar-refractivity contribution < 1.29 is 9.52 Å². The summed E-state index contributed by atoms with van der Waals surface area (Å²) >= 11 is 0. The van der Waals surface area contributed by atoms with Gasteiger partial charge in [-0.15, -0.1) is 0 Å². The molecule has 1 rings (SSSR count). The van der Waals surface area contributed by atoms with Gasteiger partial charge in [0.1, 0.15) is 6.10 Å². The molecule has 0 saturated carbocycles. The predicted molar refractivity (Wildman–Crippen MR) is 57.2 cm³/mol. The van der Waals surface area contributed by atoms with Crippen molar-refractivity contribution in [3.8, 4) is 0 Å². The number of aliphatic hydroxyl groups is 1. The van der Waals surface area contributed by atoms with Crippen LogP contribution in [0.3, 0.4) is 0 Å². The summed E-state index contributed by atoms with van der Waals surface area (Å²) in [6.07, 6.45) is 3.76. The molecule has 0 bridgehead atoms. The number of aromatic nitrogens is 1. The minimum Gasteiger partial charge on any atom is -0.446 e. The minimum absolute atomic E-state index is 0.294. The fourth-order valence-electron chi connectivity index (χ4n) is 1.38. The van der Waals surface area contributed by atoms with E-state index in [1.807, 2.05) is 14.1 Å². The lowest BCUT2D eigenvalue weighted by Crippen LogP contribution is -2.29. The van der Waals surface area contributed by atoms with E-state index in [-0.39, 0.29) is 6.04 Å². The van der Waals surface area contributed by atoms with Crippen LogP contribution in [-0.4, -0.2) is 41.7 Å². The average molecular weight is 213 g/mol. The Kier molecular flexibility index (Phi) is 4.74. The molecule has 0 fully saturated rings. The summed E-state index contributed by atoms with van der Waals surface area (Å²) in [5.41, 5.74) is 5.84. The third-order valence-corrected chi connectivity index (χ3v) is 2.29. The van der Waals surface area contributed by atoms with Crippen molar-refractivity contribution in [3.05, 3.63) is 18.4 Å². The standard InChI is InChI=1S/C10H19N3O2/c1-13(2)5-3-4-8(11)10(14)9-6-12-7-15-9/h6-8,10,14H,3-5,11H2,1-2H3. The first-order valence-electron chi connectivity index (χ1n) is 5.08. The van der Waals surface area contributed by atoms with Crippen molar-refractivity contribution in [2.45, 2.75) is 25.0 Å². The molecule has 3 N–H and O–H groups in total. The van der Waals surface area contributed by atoms with Crippen LogP contribution in [0.2, 0.25) is 0 Å².